The molecule has 2 rings (SSSR count). The quantitative estimate of drug-likeness (QED) is 0.832. The number of carbonyl (C=O) groups is 1. The third-order valence-corrected chi connectivity index (χ3v) is 3.08. The maximum atomic E-state index is 11.9. The highest BCUT2D eigenvalue weighted by molar-refractivity contribution is 5.92. The molecular weight excluding hydrogens is 246 g/mol. The Morgan fingerprint density at radius 2 is 2.42 bits per heavy atom. The summed E-state index contributed by atoms with van der Waals surface area (Å²) in [7, 11) is 3.40. The molecule has 6 nitrogen and oxygen atoms in total. The molecule has 0 aromatic carbocycles. The Bertz CT molecular complexity index is 451. The van der Waals surface area contributed by atoms with Crippen LogP contribution in [0, 0.1) is 0 Å². The molecule has 1 aromatic heterocycles. The molecule has 104 valence electrons. The zero-order valence-corrected chi connectivity index (χ0v) is 11.2. The van der Waals surface area contributed by atoms with Gasteiger partial charge in [-0.15, -0.1) is 0 Å². The number of morpholine rings is 1. The number of pyridine rings is 1. The SMILES string of the molecule is CN(C)C(=O)c1cc(N2CCOC(CO)C2)ccn1. The van der Waals surface area contributed by atoms with Crippen LogP contribution >= 0.6 is 0 Å². The van der Waals surface area contributed by atoms with Crippen molar-refractivity contribution in [3.63, 3.8) is 0 Å². The van der Waals surface area contributed by atoms with Crippen molar-refractivity contribution in [2.24, 2.45) is 0 Å². The summed E-state index contributed by atoms with van der Waals surface area (Å²) >= 11 is 0. The van der Waals surface area contributed by atoms with E-state index < -0.39 is 0 Å². The first-order valence-corrected chi connectivity index (χ1v) is 6.27. The highest BCUT2D eigenvalue weighted by Crippen LogP contribution is 2.18. The maximum absolute atomic E-state index is 11.9. The highest BCUT2D eigenvalue weighted by Gasteiger charge is 2.21. The fourth-order valence-electron chi connectivity index (χ4n) is 2.03. The second-order valence-corrected chi connectivity index (χ2v) is 4.72. The van der Waals surface area contributed by atoms with Gasteiger partial charge in [0.25, 0.3) is 5.91 Å². The normalized spacial score (nSPS) is 19.3. The van der Waals surface area contributed by atoms with E-state index in [0.29, 0.717) is 18.8 Å². The molecule has 1 unspecified atom stereocenters. The van der Waals surface area contributed by atoms with E-state index in [-0.39, 0.29) is 18.6 Å². The molecule has 1 saturated heterocycles. The summed E-state index contributed by atoms with van der Waals surface area (Å²) < 4.78 is 5.41. The maximum Gasteiger partial charge on any atom is 0.272 e. The van der Waals surface area contributed by atoms with Crippen LogP contribution in [0.1, 0.15) is 10.5 Å². The summed E-state index contributed by atoms with van der Waals surface area (Å²) in [6.45, 7) is 1.95. The van der Waals surface area contributed by atoms with Crippen molar-refractivity contribution in [3.8, 4) is 0 Å². The lowest BCUT2D eigenvalue weighted by atomic mass is 10.2. The molecule has 2 heterocycles. The van der Waals surface area contributed by atoms with Gasteiger partial charge in [0.2, 0.25) is 0 Å². The van der Waals surface area contributed by atoms with Crippen molar-refractivity contribution in [2.45, 2.75) is 6.10 Å². The molecule has 1 fully saturated rings. The molecule has 0 spiro atoms. The summed E-state index contributed by atoms with van der Waals surface area (Å²) in [5.41, 5.74) is 1.36. The topological polar surface area (TPSA) is 65.9 Å². The second-order valence-electron chi connectivity index (χ2n) is 4.72. The van der Waals surface area contributed by atoms with E-state index in [1.165, 1.54) is 4.90 Å². The number of aromatic nitrogens is 1. The molecule has 0 bridgehead atoms. The number of anilines is 1. The van der Waals surface area contributed by atoms with Crippen LogP contribution in [0.5, 0.6) is 0 Å². The molecule has 1 atom stereocenters. The summed E-state index contributed by atoms with van der Waals surface area (Å²) in [4.78, 5) is 19.6. The fourth-order valence-corrected chi connectivity index (χ4v) is 2.03. The first-order valence-electron chi connectivity index (χ1n) is 6.27. The van der Waals surface area contributed by atoms with Crippen LogP contribution in [-0.2, 0) is 4.74 Å². The minimum absolute atomic E-state index is 0.00503. The minimum Gasteiger partial charge on any atom is -0.394 e. The highest BCUT2D eigenvalue weighted by atomic mass is 16.5. The summed E-state index contributed by atoms with van der Waals surface area (Å²) in [5.74, 6) is -0.117. The van der Waals surface area contributed by atoms with Crippen molar-refractivity contribution in [1.29, 1.82) is 0 Å². The number of aliphatic hydroxyl groups excluding tert-OH is 1. The molecule has 0 saturated carbocycles. The van der Waals surface area contributed by atoms with Gasteiger partial charge in [-0.3, -0.25) is 9.78 Å². The Morgan fingerprint density at radius 3 is 3.11 bits per heavy atom. The number of nitrogens with zero attached hydrogens (tertiary/aromatic N) is 3. The Kier molecular flexibility index (Phi) is 4.34. The van der Waals surface area contributed by atoms with Gasteiger partial charge in [-0.2, -0.15) is 0 Å². The van der Waals surface area contributed by atoms with Crippen molar-refractivity contribution < 1.29 is 14.6 Å². The lowest BCUT2D eigenvalue weighted by molar-refractivity contribution is 0.00356. The van der Waals surface area contributed by atoms with Crippen LogP contribution in [0.3, 0.4) is 0 Å². The summed E-state index contributed by atoms with van der Waals surface area (Å²) in [6, 6.07) is 3.65. The average molecular weight is 265 g/mol. The number of carbonyl (C=O) groups excluding carboxylic acids is 1. The van der Waals surface area contributed by atoms with E-state index in [1.807, 2.05) is 6.07 Å². The molecular formula is C13H19N3O3. The van der Waals surface area contributed by atoms with Crippen LogP contribution in [0.4, 0.5) is 5.69 Å². The van der Waals surface area contributed by atoms with Gasteiger partial charge in [0.05, 0.1) is 19.3 Å². The van der Waals surface area contributed by atoms with Gasteiger partial charge < -0.3 is 19.6 Å². The Morgan fingerprint density at radius 1 is 1.63 bits per heavy atom. The van der Waals surface area contributed by atoms with Crippen LogP contribution in [-0.4, -0.2) is 67.4 Å². The zero-order chi connectivity index (χ0) is 13.8. The van der Waals surface area contributed by atoms with Gasteiger partial charge in [-0.1, -0.05) is 0 Å². The molecule has 1 amide bonds. The first-order chi connectivity index (χ1) is 9.11. The molecule has 1 aromatic rings. The molecule has 0 aliphatic carbocycles. The second kappa shape index (κ2) is 5.99. The van der Waals surface area contributed by atoms with Crippen molar-refractivity contribution in [2.75, 3.05) is 45.3 Å². The summed E-state index contributed by atoms with van der Waals surface area (Å²) in [5, 5.41) is 9.15. The third-order valence-electron chi connectivity index (χ3n) is 3.08. The van der Waals surface area contributed by atoms with Gasteiger partial charge in [-0.25, -0.2) is 0 Å². The number of rotatable bonds is 3. The summed E-state index contributed by atoms with van der Waals surface area (Å²) in [6.07, 6.45) is 1.46. The number of amides is 1. The molecule has 19 heavy (non-hydrogen) atoms. The van der Waals surface area contributed by atoms with E-state index in [0.717, 1.165) is 12.2 Å². The number of hydrogen-bond donors (Lipinski definition) is 1. The van der Waals surface area contributed by atoms with Crippen LogP contribution < -0.4 is 4.90 Å². The lowest BCUT2D eigenvalue weighted by Gasteiger charge is -2.33. The molecule has 0 radical (unpaired) electrons. The van der Waals surface area contributed by atoms with Crippen molar-refractivity contribution in [3.05, 3.63) is 24.0 Å². The third kappa shape index (κ3) is 3.21. The standard InChI is InChI=1S/C13H19N3O3/c1-15(2)13(18)12-7-10(3-4-14-12)16-5-6-19-11(8-16)9-17/h3-4,7,11,17H,5-6,8-9H2,1-2H3. The zero-order valence-electron chi connectivity index (χ0n) is 11.2. The largest absolute Gasteiger partial charge is 0.394 e. The van der Waals surface area contributed by atoms with Crippen LogP contribution in [0.2, 0.25) is 0 Å². The molecule has 6 heteroatoms. The van der Waals surface area contributed by atoms with Crippen LogP contribution in [0.15, 0.2) is 18.3 Å². The first kappa shape index (κ1) is 13.8. The predicted molar refractivity (Wildman–Crippen MR) is 71.3 cm³/mol. The van der Waals surface area contributed by atoms with Gasteiger partial charge >= 0.3 is 0 Å². The predicted octanol–water partition coefficient (Wildman–Crippen LogP) is -0.0191. The molecule has 1 aliphatic rings. The van der Waals surface area contributed by atoms with Crippen molar-refractivity contribution in [1.82, 2.24) is 9.88 Å². The Hall–Kier alpha value is -1.66. The minimum atomic E-state index is -0.171. The van der Waals surface area contributed by atoms with E-state index in [1.54, 1.807) is 26.4 Å². The Labute approximate surface area is 112 Å². The molecule has 1 aliphatic heterocycles. The molecule has 1 N–H and O–H groups in total. The number of aliphatic hydroxyl groups is 1. The van der Waals surface area contributed by atoms with E-state index in [9.17, 15) is 4.79 Å². The number of ether oxygens (including phenoxy) is 1. The lowest BCUT2D eigenvalue weighted by Crippen LogP contribution is -2.44. The smallest absolute Gasteiger partial charge is 0.272 e. The average Bonchev–Trinajstić information content (AvgIpc) is 2.46. The van der Waals surface area contributed by atoms with Gasteiger partial charge in [0, 0.05) is 39.1 Å². The van der Waals surface area contributed by atoms with Gasteiger partial charge in [0.15, 0.2) is 0 Å². The Balaban J connectivity index is 2.16. The van der Waals surface area contributed by atoms with Gasteiger partial charge in [-0.05, 0) is 12.1 Å². The number of hydrogen-bond acceptors (Lipinski definition) is 5. The van der Waals surface area contributed by atoms with E-state index >= 15 is 0 Å². The fraction of sp³-hybridized carbons (Fsp3) is 0.538. The van der Waals surface area contributed by atoms with Crippen molar-refractivity contribution >= 4 is 11.6 Å². The monoisotopic (exact) mass is 265 g/mol. The van der Waals surface area contributed by atoms with E-state index in [2.05, 4.69) is 9.88 Å². The van der Waals surface area contributed by atoms with Crippen LogP contribution in [0.25, 0.3) is 0 Å². The van der Waals surface area contributed by atoms with E-state index in [4.69, 9.17) is 9.84 Å². The van der Waals surface area contributed by atoms with Gasteiger partial charge in [0.1, 0.15) is 5.69 Å².